The van der Waals surface area contributed by atoms with Crippen LogP contribution in [0.3, 0.4) is 0 Å². The molecule has 3 saturated heterocycles. The van der Waals surface area contributed by atoms with Gasteiger partial charge in [0.05, 0.1) is 0 Å². The molecule has 8 heteroatoms. The van der Waals surface area contributed by atoms with Crippen LogP contribution in [0.5, 0.6) is 0 Å². The molecular formula is C10H16IO6P. The Morgan fingerprint density at radius 2 is 1.89 bits per heavy atom. The van der Waals surface area contributed by atoms with Gasteiger partial charge < -0.3 is 18.7 Å². The fourth-order valence-corrected chi connectivity index (χ4v) is 4.97. The van der Waals surface area contributed by atoms with Crippen LogP contribution in [-0.4, -0.2) is 47.6 Å². The van der Waals surface area contributed by atoms with Crippen LogP contribution >= 0.6 is 30.2 Å². The molecule has 3 heterocycles. The molecule has 3 aliphatic rings. The minimum atomic E-state index is -3.04. The number of fused-ring (bicyclic) bond motifs is 3. The van der Waals surface area contributed by atoms with Gasteiger partial charge in [-0.15, -0.1) is 0 Å². The van der Waals surface area contributed by atoms with E-state index in [1.54, 1.807) is 0 Å². The Hall–Kier alpha value is 0.760. The van der Waals surface area contributed by atoms with Crippen LogP contribution in [0.4, 0.5) is 0 Å². The second-order valence-corrected chi connectivity index (χ2v) is 8.05. The van der Waals surface area contributed by atoms with Crippen molar-refractivity contribution in [3.05, 3.63) is 0 Å². The Kier molecular flexibility index (Phi) is 3.34. The molecule has 0 spiro atoms. The van der Waals surface area contributed by atoms with Crippen molar-refractivity contribution in [1.82, 2.24) is 0 Å². The third-order valence-corrected chi connectivity index (χ3v) is 5.33. The zero-order chi connectivity index (χ0) is 13.1. The molecule has 18 heavy (non-hydrogen) atoms. The van der Waals surface area contributed by atoms with E-state index in [0.717, 1.165) is 0 Å². The fraction of sp³-hybridized carbons (Fsp3) is 1.00. The predicted octanol–water partition coefficient (Wildman–Crippen LogP) is 1.90. The van der Waals surface area contributed by atoms with Crippen molar-refractivity contribution in [3.63, 3.8) is 0 Å². The lowest BCUT2D eigenvalue weighted by Crippen LogP contribution is -2.47. The van der Waals surface area contributed by atoms with Gasteiger partial charge in [0.25, 0.3) is 0 Å². The first-order valence-electron chi connectivity index (χ1n) is 5.83. The Morgan fingerprint density at radius 3 is 2.56 bits per heavy atom. The van der Waals surface area contributed by atoms with Gasteiger partial charge in [0.15, 0.2) is 12.1 Å². The summed E-state index contributed by atoms with van der Waals surface area (Å²) >= 11 is 2.19. The second kappa shape index (κ2) is 4.38. The first kappa shape index (κ1) is 13.7. The lowest BCUT2D eigenvalue weighted by Gasteiger charge is -2.37. The lowest BCUT2D eigenvalue weighted by molar-refractivity contribution is -0.226. The van der Waals surface area contributed by atoms with Gasteiger partial charge in [-0.2, -0.15) is 0 Å². The van der Waals surface area contributed by atoms with E-state index in [2.05, 4.69) is 22.6 Å². The highest BCUT2D eigenvalue weighted by Crippen LogP contribution is 2.56. The maximum Gasteiger partial charge on any atom is 0.328 e. The lowest BCUT2D eigenvalue weighted by atomic mass is 10.1. The van der Waals surface area contributed by atoms with Gasteiger partial charge in [0, 0.05) is 11.1 Å². The monoisotopic (exact) mass is 390 g/mol. The summed E-state index contributed by atoms with van der Waals surface area (Å²) in [5, 5.41) is 0. The molecule has 6 atom stereocenters. The summed E-state index contributed by atoms with van der Waals surface area (Å²) in [6.45, 7) is 5.13. The Balaban J connectivity index is 1.85. The van der Waals surface area contributed by atoms with Gasteiger partial charge in [-0.3, -0.25) is 9.09 Å². The molecule has 3 rings (SSSR count). The van der Waals surface area contributed by atoms with Gasteiger partial charge in [0.1, 0.15) is 24.4 Å². The molecule has 0 aromatic carbocycles. The summed E-state index contributed by atoms with van der Waals surface area (Å²) in [6, 6.07) is 0. The number of alkyl halides is 1. The molecule has 0 N–H and O–H groups in total. The average molecular weight is 390 g/mol. The molecule has 104 valence electrons. The first-order chi connectivity index (χ1) is 8.31. The van der Waals surface area contributed by atoms with Gasteiger partial charge in [-0.05, 0) is 13.8 Å². The van der Waals surface area contributed by atoms with Crippen LogP contribution in [0.2, 0.25) is 0 Å². The highest BCUT2D eigenvalue weighted by atomic mass is 127. The van der Waals surface area contributed by atoms with Crippen molar-refractivity contribution in [2.24, 2.45) is 0 Å². The molecule has 0 aromatic rings. The third-order valence-electron chi connectivity index (χ3n) is 3.19. The maximum atomic E-state index is 12.1. The average Bonchev–Trinajstić information content (AvgIpc) is 2.69. The molecule has 3 aliphatic heterocycles. The zero-order valence-corrected chi connectivity index (χ0v) is 13.4. The van der Waals surface area contributed by atoms with E-state index in [1.165, 1.54) is 6.66 Å². The minimum Gasteiger partial charge on any atom is -0.341 e. The molecule has 0 aliphatic carbocycles. The maximum absolute atomic E-state index is 12.1. The van der Waals surface area contributed by atoms with E-state index in [9.17, 15) is 4.57 Å². The predicted molar refractivity (Wildman–Crippen MR) is 70.9 cm³/mol. The molecule has 0 radical (unpaired) electrons. The molecule has 0 saturated carbocycles. The molecule has 0 bridgehead atoms. The molecule has 6 nitrogen and oxygen atoms in total. The van der Waals surface area contributed by atoms with Crippen LogP contribution in [0.15, 0.2) is 0 Å². The summed E-state index contributed by atoms with van der Waals surface area (Å²) in [5.41, 5.74) is 0. The number of hydrogen-bond donors (Lipinski definition) is 0. The number of ether oxygens (including phenoxy) is 3. The van der Waals surface area contributed by atoms with Crippen molar-refractivity contribution >= 4 is 30.2 Å². The topological polar surface area (TPSA) is 63.2 Å². The van der Waals surface area contributed by atoms with Crippen LogP contribution in [0.1, 0.15) is 13.8 Å². The number of hydrogen-bond acceptors (Lipinski definition) is 6. The van der Waals surface area contributed by atoms with Gasteiger partial charge >= 0.3 is 7.60 Å². The number of halogens is 1. The minimum absolute atomic E-state index is 0.249. The molecular weight excluding hydrogens is 374 g/mol. The van der Waals surface area contributed by atoms with Crippen molar-refractivity contribution in [2.75, 3.05) is 11.1 Å². The van der Waals surface area contributed by atoms with E-state index in [1.807, 2.05) is 13.8 Å². The summed E-state index contributed by atoms with van der Waals surface area (Å²) in [7, 11) is -3.04. The Morgan fingerprint density at radius 1 is 1.17 bits per heavy atom. The summed E-state index contributed by atoms with van der Waals surface area (Å²) in [5.74, 6) is -0.695. The van der Waals surface area contributed by atoms with Crippen LogP contribution in [0.25, 0.3) is 0 Å². The SMILES string of the molecule is CC1(C)O[C@H]2O[C@H]3[C@H](OP(C)(=O)O[C@@H]3CI)[C@H]2O1. The number of rotatable bonds is 1. The molecule has 3 fully saturated rings. The van der Waals surface area contributed by atoms with Crippen LogP contribution in [0, 0.1) is 0 Å². The van der Waals surface area contributed by atoms with Gasteiger partial charge in [-0.25, -0.2) is 0 Å². The zero-order valence-electron chi connectivity index (χ0n) is 10.4. The van der Waals surface area contributed by atoms with Crippen molar-refractivity contribution in [3.8, 4) is 0 Å². The summed E-state index contributed by atoms with van der Waals surface area (Å²) in [4.78, 5) is 0. The quantitative estimate of drug-likeness (QED) is 0.387. The smallest absolute Gasteiger partial charge is 0.328 e. The van der Waals surface area contributed by atoms with Crippen molar-refractivity contribution < 1.29 is 27.8 Å². The standard InChI is InChI=1S/C10H16IO6P/c1-10(2)14-8-7-6(13-9(8)15-10)5(4-11)16-18(3,12)17-7/h5-9H,4H2,1-3H3/t5-,6-,7+,8-,9-,18?/m1/s1. The largest absolute Gasteiger partial charge is 0.341 e. The van der Waals surface area contributed by atoms with Gasteiger partial charge in [-0.1, -0.05) is 22.6 Å². The van der Waals surface area contributed by atoms with Crippen molar-refractivity contribution in [2.45, 2.75) is 50.3 Å². The van der Waals surface area contributed by atoms with E-state index in [0.29, 0.717) is 4.43 Å². The third kappa shape index (κ3) is 2.28. The van der Waals surface area contributed by atoms with Gasteiger partial charge in [0.2, 0.25) is 0 Å². The van der Waals surface area contributed by atoms with E-state index in [4.69, 9.17) is 23.3 Å². The van der Waals surface area contributed by atoms with Crippen molar-refractivity contribution in [1.29, 1.82) is 0 Å². The van der Waals surface area contributed by atoms with E-state index >= 15 is 0 Å². The molecule has 0 amide bonds. The Bertz CT molecular complexity index is 402. The summed E-state index contributed by atoms with van der Waals surface area (Å²) in [6.07, 6.45) is -1.73. The van der Waals surface area contributed by atoms with E-state index < -0.39 is 19.7 Å². The second-order valence-electron chi connectivity index (χ2n) is 5.21. The Labute approximate surface area is 119 Å². The highest BCUT2D eigenvalue weighted by molar-refractivity contribution is 14.1. The fourth-order valence-electron chi connectivity index (χ4n) is 2.59. The highest BCUT2D eigenvalue weighted by Gasteiger charge is 2.61. The summed E-state index contributed by atoms with van der Waals surface area (Å²) < 4.78 is 41.0. The van der Waals surface area contributed by atoms with Crippen LogP contribution in [-0.2, 0) is 27.8 Å². The molecule has 0 aromatic heterocycles. The first-order valence-corrected chi connectivity index (χ1v) is 9.34. The van der Waals surface area contributed by atoms with E-state index in [-0.39, 0.29) is 24.4 Å². The molecule has 1 unspecified atom stereocenters. The normalized spacial score (nSPS) is 54.1. The van der Waals surface area contributed by atoms with Crippen LogP contribution < -0.4 is 0 Å².